The summed E-state index contributed by atoms with van der Waals surface area (Å²) in [5.74, 6) is -0.908. The summed E-state index contributed by atoms with van der Waals surface area (Å²) >= 11 is 1.58. The van der Waals surface area contributed by atoms with Crippen molar-refractivity contribution in [1.29, 1.82) is 0 Å². The van der Waals surface area contributed by atoms with Crippen molar-refractivity contribution in [1.82, 2.24) is 25.8 Å². The SMILES string of the molecule is Cc1ncsc1-c1ccc(CNC(=O)[C@@H]2C[C@@H](O)CN2C(=O)C(NC(=O)CCCCCCCCCNC(=O)O)C(C)(C)C)cc1. The Hall–Kier alpha value is -3.51. The summed E-state index contributed by atoms with van der Waals surface area (Å²) in [5.41, 5.74) is 4.17. The van der Waals surface area contributed by atoms with Crippen molar-refractivity contribution in [3.05, 3.63) is 41.0 Å². The lowest BCUT2D eigenvalue weighted by Gasteiger charge is -2.35. The lowest BCUT2D eigenvalue weighted by Crippen LogP contribution is -2.57. The molecule has 3 atom stereocenters. The predicted octanol–water partition coefficient (Wildman–Crippen LogP) is 4.62. The molecule has 0 bridgehead atoms. The topological polar surface area (TPSA) is 161 Å². The molecule has 1 aliphatic rings. The number of nitrogens with zero attached hydrogens (tertiary/aromatic N) is 2. The van der Waals surface area contributed by atoms with Crippen LogP contribution in [-0.4, -0.2) is 75.2 Å². The highest BCUT2D eigenvalue weighted by Crippen LogP contribution is 2.28. The number of unbranched alkanes of at least 4 members (excludes halogenated alkanes) is 6. The van der Waals surface area contributed by atoms with Crippen LogP contribution in [0, 0.1) is 12.3 Å². The van der Waals surface area contributed by atoms with Gasteiger partial charge in [-0.1, -0.05) is 77.1 Å². The van der Waals surface area contributed by atoms with E-state index < -0.39 is 29.7 Å². The second-order valence-corrected chi connectivity index (χ2v) is 13.8. The van der Waals surface area contributed by atoms with Gasteiger partial charge in [0.1, 0.15) is 12.1 Å². The molecule has 45 heavy (non-hydrogen) atoms. The fourth-order valence-corrected chi connectivity index (χ4v) is 6.31. The average molecular weight is 644 g/mol. The van der Waals surface area contributed by atoms with Crippen LogP contribution in [0.3, 0.4) is 0 Å². The maximum Gasteiger partial charge on any atom is 0.404 e. The van der Waals surface area contributed by atoms with Gasteiger partial charge in [-0.3, -0.25) is 14.4 Å². The Morgan fingerprint density at radius 3 is 2.24 bits per heavy atom. The smallest absolute Gasteiger partial charge is 0.404 e. The van der Waals surface area contributed by atoms with Crippen molar-refractivity contribution in [2.45, 2.75) is 110 Å². The third-order valence-corrected chi connectivity index (χ3v) is 9.05. The van der Waals surface area contributed by atoms with Gasteiger partial charge in [0.05, 0.1) is 22.2 Å². The van der Waals surface area contributed by atoms with E-state index in [1.165, 1.54) is 4.90 Å². The molecule has 1 saturated heterocycles. The van der Waals surface area contributed by atoms with Crippen molar-refractivity contribution in [3.8, 4) is 10.4 Å². The Balaban J connectivity index is 1.48. The molecule has 1 aromatic carbocycles. The van der Waals surface area contributed by atoms with E-state index in [4.69, 9.17) is 5.11 Å². The number of carbonyl (C=O) groups is 4. The zero-order valence-electron chi connectivity index (χ0n) is 26.9. The monoisotopic (exact) mass is 643 g/mol. The van der Waals surface area contributed by atoms with Gasteiger partial charge < -0.3 is 31.1 Å². The van der Waals surface area contributed by atoms with E-state index in [1.807, 2.05) is 57.5 Å². The third-order valence-electron chi connectivity index (χ3n) is 8.07. The minimum absolute atomic E-state index is 0.0363. The van der Waals surface area contributed by atoms with Crippen LogP contribution in [-0.2, 0) is 20.9 Å². The number of likely N-dealkylation sites (tertiary alicyclic amines) is 1. The first-order chi connectivity index (χ1) is 21.4. The molecule has 1 aliphatic heterocycles. The Bertz CT molecular complexity index is 1280. The maximum atomic E-state index is 13.8. The summed E-state index contributed by atoms with van der Waals surface area (Å²) in [6.45, 7) is 8.39. The standard InChI is InChI=1S/C33H49N5O6S/c1-22-28(45-21-36-22)24-15-13-23(14-16-24)19-35-30(41)26-18-25(39)20-38(26)31(42)29(33(2,3)4)37-27(40)12-10-8-6-5-7-9-11-17-34-32(43)44/h13-16,21,25-26,29,34,39H,5-12,17-20H2,1-4H3,(H,35,41)(H,37,40)(H,43,44)/t25-,26+,29?/m1/s1. The molecule has 248 valence electrons. The van der Waals surface area contributed by atoms with E-state index in [0.717, 1.165) is 60.2 Å². The molecule has 0 saturated carbocycles. The Morgan fingerprint density at radius 1 is 1.00 bits per heavy atom. The van der Waals surface area contributed by atoms with Gasteiger partial charge in [-0.05, 0) is 36.3 Å². The third kappa shape index (κ3) is 11.4. The molecule has 1 unspecified atom stereocenters. The van der Waals surface area contributed by atoms with Gasteiger partial charge in [0.25, 0.3) is 0 Å². The van der Waals surface area contributed by atoms with Gasteiger partial charge in [0.2, 0.25) is 17.7 Å². The van der Waals surface area contributed by atoms with Crippen LogP contribution in [0.25, 0.3) is 10.4 Å². The van der Waals surface area contributed by atoms with Crippen molar-refractivity contribution >= 4 is 35.2 Å². The quantitative estimate of drug-likeness (QED) is 0.167. The fourth-order valence-electron chi connectivity index (χ4n) is 5.50. The number of nitrogens with one attached hydrogen (secondary N) is 3. The minimum Gasteiger partial charge on any atom is -0.465 e. The predicted molar refractivity (Wildman–Crippen MR) is 175 cm³/mol. The summed E-state index contributed by atoms with van der Waals surface area (Å²) in [5, 5.41) is 27.2. The number of β-amino-alcohol motifs (C(OH)–C–C–N with tert-alkyl or cyclic N) is 1. The van der Waals surface area contributed by atoms with Gasteiger partial charge >= 0.3 is 6.09 Å². The first kappa shape index (κ1) is 36.0. The summed E-state index contributed by atoms with van der Waals surface area (Å²) in [4.78, 5) is 57.2. The summed E-state index contributed by atoms with van der Waals surface area (Å²) in [6.07, 6.45) is 5.02. The molecule has 11 nitrogen and oxygen atoms in total. The maximum absolute atomic E-state index is 13.8. The van der Waals surface area contributed by atoms with Crippen LogP contribution in [0.2, 0.25) is 0 Å². The van der Waals surface area contributed by atoms with Crippen LogP contribution >= 0.6 is 11.3 Å². The number of amides is 4. The molecular weight excluding hydrogens is 594 g/mol. The van der Waals surface area contributed by atoms with Crippen molar-refractivity contribution in [3.63, 3.8) is 0 Å². The van der Waals surface area contributed by atoms with Crippen LogP contribution in [0.15, 0.2) is 29.8 Å². The highest BCUT2D eigenvalue weighted by Gasteiger charge is 2.44. The zero-order valence-corrected chi connectivity index (χ0v) is 27.8. The zero-order chi connectivity index (χ0) is 33.0. The number of benzene rings is 1. The molecule has 1 fully saturated rings. The van der Waals surface area contributed by atoms with Crippen molar-refractivity contribution in [2.75, 3.05) is 13.1 Å². The number of aliphatic hydroxyl groups is 1. The van der Waals surface area contributed by atoms with E-state index >= 15 is 0 Å². The molecule has 5 N–H and O–H groups in total. The van der Waals surface area contributed by atoms with E-state index in [9.17, 15) is 24.3 Å². The second-order valence-electron chi connectivity index (χ2n) is 12.9. The lowest BCUT2D eigenvalue weighted by atomic mass is 9.85. The Kier molecular flexibility index (Phi) is 13.8. The molecule has 2 aromatic rings. The van der Waals surface area contributed by atoms with Crippen LogP contribution < -0.4 is 16.0 Å². The fraction of sp³-hybridized carbons (Fsp3) is 0.606. The number of aryl methyl sites for hydroxylation is 1. The normalized spacial score (nSPS) is 17.1. The molecule has 4 amide bonds. The molecule has 0 radical (unpaired) electrons. The molecule has 0 spiro atoms. The van der Waals surface area contributed by atoms with Gasteiger partial charge in [-0.15, -0.1) is 11.3 Å². The highest BCUT2D eigenvalue weighted by molar-refractivity contribution is 7.13. The van der Waals surface area contributed by atoms with Gasteiger partial charge in [0, 0.05) is 32.5 Å². The number of carboxylic acid groups (broad SMARTS) is 1. The van der Waals surface area contributed by atoms with Gasteiger partial charge in [-0.2, -0.15) is 0 Å². The van der Waals surface area contributed by atoms with Crippen molar-refractivity contribution < 1.29 is 29.4 Å². The average Bonchev–Trinajstić information content (AvgIpc) is 3.60. The number of rotatable bonds is 16. The number of hydrogen-bond acceptors (Lipinski definition) is 7. The van der Waals surface area contributed by atoms with Crippen LogP contribution in [0.4, 0.5) is 4.79 Å². The van der Waals surface area contributed by atoms with Crippen molar-refractivity contribution in [2.24, 2.45) is 5.41 Å². The van der Waals surface area contributed by atoms with Crippen LogP contribution in [0.1, 0.15) is 89.8 Å². The van der Waals surface area contributed by atoms with Gasteiger partial charge in [0.15, 0.2) is 0 Å². The molecule has 1 aromatic heterocycles. The minimum atomic E-state index is -0.997. The Labute approximate surface area is 270 Å². The summed E-state index contributed by atoms with van der Waals surface area (Å²) < 4.78 is 0. The second kappa shape index (κ2) is 17.3. The van der Waals surface area contributed by atoms with E-state index in [2.05, 4.69) is 20.9 Å². The Morgan fingerprint density at radius 2 is 1.64 bits per heavy atom. The summed E-state index contributed by atoms with van der Waals surface area (Å²) in [7, 11) is 0. The number of carbonyl (C=O) groups excluding carboxylic acids is 3. The lowest BCUT2D eigenvalue weighted by molar-refractivity contribution is -0.144. The van der Waals surface area contributed by atoms with Crippen LogP contribution in [0.5, 0.6) is 0 Å². The van der Waals surface area contributed by atoms with E-state index in [-0.39, 0.29) is 37.2 Å². The molecule has 0 aliphatic carbocycles. The van der Waals surface area contributed by atoms with E-state index in [1.54, 1.807) is 11.3 Å². The first-order valence-corrected chi connectivity index (χ1v) is 16.8. The number of hydrogen-bond donors (Lipinski definition) is 5. The number of thiazole rings is 1. The number of aliphatic hydroxyl groups excluding tert-OH is 1. The van der Waals surface area contributed by atoms with Gasteiger partial charge in [-0.25, -0.2) is 9.78 Å². The highest BCUT2D eigenvalue weighted by atomic mass is 32.1. The van der Waals surface area contributed by atoms with E-state index in [0.29, 0.717) is 19.4 Å². The molecule has 12 heteroatoms. The first-order valence-electron chi connectivity index (χ1n) is 15.9. The molecule has 2 heterocycles. The molecule has 3 rings (SSSR count). The largest absolute Gasteiger partial charge is 0.465 e. The number of aromatic nitrogens is 1. The molecular formula is C33H49N5O6S. The summed E-state index contributed by atoms with van der Waals surface area (Å²) in [6, 6.07) is 6.24.